The number of fused-ring (bicyclic) bond motifs is 1. The molecule has 0 radical (unpaired) electrons. The number of halogens is 1. The summed E-state index contributed by atoms with van der Waals surface area (Å²) in [7, 11) is -3.37. The van der Waals surface area contributed by atoms with Crippen LogP contribution in [-0.4, -0.2) is 20.1 Å². The Kier molecular flexibility index (Phi) is 2.44. The summed E-state index contributed by atoms with van der Waals surface area (Å²) in [5, 5.41) is 2.91. The van der Waals surface area contributed by atoms with Crippen LogP contribution in [0.4, 0.5) is 5.69 Å². The molecule has 6 heteroatoms. The predicted octanol–water partition coefficient (Wildman–Crippen LogP) is 1.46. The molecular formula is C9H8ClNO3S. The van der Waals surface area contributed by atoms with Crippen LogP contribution in [0.15, 0.2) is 23.1 Å². The number of hydrogen-bond donors (Lipinski definition) is 1. The SMILES string of the molecule is O=C1CCS(=O)(=O)c2ccc(Cl)cc2N1. The first-order valence-corrected chi connectivity index (χ1v) is 6.34. The van der Waals surface area contributed by atoms with Crippen molar-refractivity contribution in [1.29, 1.82) is 0 Å². The van der Waals surface area contributed by atoms with Crippen LogP contribution in [0.3, 0.4) is 0 Å². The van der Waals surface area contributed by atoms with Crippen molar-refractivity contribution in [3.63, 3.8) is 0 Å². The van der Waals surface area contributed by atoms with Gasteiger partial charge in [0, 0.05) is 11.4 Å². The van der Waals surface area contributed by atoms with E-state index < -0.39 is 9.84 Å². The van der Waals surface area contributed by atoms with Crippen molar-refractivity contribution in [3.05, 3.63) is 23.2 Å². The van der Waals surface area contributed by atoms with E-state index >= 15 is 0 Å². The van der Waals surface area contributed by atoms with E-state index in [9.17, 15) is 13.2 Å². The molecule has 0 unspecified atom stereocenters. The van der Waals surface area contributed by atoms with Crippen molar-refractivity contribution >= 4 is 33.0 Å². The van der Waals surface area contributed by atoms with Gasteiger partial charge in [0.15, 0.2) is 9.84 Å². The molecule has 0 fully saturated rings. The molecular weight excluding hydrogens is 238 g/mol. The minimum Gasteiger partial charge on any atom is -0.325 e. The number of benzene rings is 1. The van der Waals surface area contributed by atoms with Gasteiger partial charge in [0.05, 0.1) is 16.3 Å². The van der Waals surface area contributed by atoms with Crippen molar-refractivity contribution in [3.8, 4) is 0 Å². The van der Waals surface area contributed by atoms with E-state index in [0.717, 1.165) is 0 Å². The van der Waals surface area contributed by atoms with E-state index in [4.69, 9.17) is 11.6 Å². The summed E-state index contributed by atoms with van der Waals surface area (Å²) >= 11 is 5.72. The number of rotatable bonds is 0. The third kappa shape index (κ3) is 1.98. The van der Waals surface area contributed by atoms with Crippen molar-refractivity contribution in [2.24, 2.45) is 0 Å². The lowest BCUT2D eigenvalue weighted by Crippen LogP contribution is -2.10. The second-order valence-electron chi connectivity index (χ2n) is 3.26. The maximum absolute atomic E-state index is 11.7. The van der Waals surface area contributed by atoms with Crippen LogP contribution in [0.2, 0.25) is 5.02 Å². The fraction of sp³-hybridized carbons (Fsp3) is 0.222. The van der Waals surface area contributed by atoms with Gasteiger partial charge >= 0.3 is 0 Å². The average molecular weight is 246 g/mol. The molecule has 1 aliphatic rings. The smallest absolute Gasteiger partial charge is 0.225 e. The zero-order valence-electron chi connectivity index (χ0n) is 7.66. The lowest BCUT2D eigenvalue weighted by Gasteiger charge is -2.05. The van der Waals surface area contributed by atoms with Crippen molar-refractivity contribution in [1.82, 2.24) is 0 Å². The molecule has 0 bridgehead atoms. The molecule has 1 aromatic carbocycles. The highest BCUT2D eigenvalue weighted by atomic mass is 35.5. The van der Waals surface area contributed by atoms with Crippen LogP contribution in [0.1, 0.15) is 6.42 Å². The lowest BCUT2D eigenvalue weighted by molar-refractivity contribution is -0.115. The Morgan fingerprint density at radius 2 is 2.07 bits per heavy atom. The number of carbonyl (C=O) groups excluding carboxylic acids is 1. The summed E-state index contributed by atoms with van der Waals surface area (Å²) < 4.78 is 23.4. The Morgan fingerprint density at radius 1 is 1.33 bits per heavy atom. The largest absolute Gasteiger partial charge is 0.325 e. The molecule has 1 aliphatic heterocycles. The third-order valence-electron chi connectivity index (χ3n) is 2.15. The average Bonchev–Trinajstić information content (AvgIpc) is 2.24. The number of hydrogen-bond acceptors (Lipinski definition) is 3. The van der Waals surface area contributed by atoms with Crippen LogP contribution in [0, 0.1) is 0 Å². The summed E-state index contributed by atoms with van der Waals surface area (Å²) in [6, 6.07) is 4.35. The summed E-state index contributed by atoms with van der Waals surface area (Å²) in [4.78, 5) is 11.4. The fourth-order valence-electron chi connectivity index (χ4n) is 1.42. The van der Waals surface area contributed by atoms with Crippen LogP contribution < -0.4 is 5.32 Å². The number of amides is 1. The predicted molar refractivity (Wildman–Crippen MR) is 56.8 cm³/mol. The maximum atomic E-state index is 11.7. The van der Waals surface area contributed by atoms with E-state index in [1.54, 1.807) is 0 Å². The molecule has 1 amide bonds. The Morgan fingerprint density at radius 3 is 2.80 bits per heavy atom. The number of carbonyl (C=O) groups is 1. The Bertz CT molecular complexity index is 524. The Hall–Kier alpha value is -1.07. The zero-order valence-corrected chi connectivity index (χ0v) is 9.23. The molecule has 0 saturated heterocycles. The van der Waals surface area contributed by atoms with Crippen LogP contribution >= 0.6 is 11.6 Å². The van der Waals surface area contributed by atoms with E-state index in [-0.39, 0.29) is 28.7 Å². The number of sulfone groups is 1. The summed E-state index contributed by atoms with van der Waals surface area (Å²) in [6.07, 6.45) is -0.0192. The Balaban J connectivity index is 2.66. The van der Waals surface area contributed by atoms with Gasteiger partial charge in [-0.3, -0.25) is 4.79 Å². The van der Waals surface area contributed by atoms with Gasteiger partial charge in [0.1, 0.15) is 0 Å². The second kappa shape index (κ2) is 3.50. The standard InChI is InChI=1S/C9H8ClNO3S/c10-6-1-2-8-7(5-6)11-9(12)3-4-15(8,13)14/h1-2,5H,3-4H2,(H,11,12). The van der Waals surface area contributed by atoms with Gasteiger partial charge in [0.25, 0.3) is 0 Å². The van der Waals surface area contributed by atoms with Gasteiger partial charge in [0.2, 0.25) is 5.91 Å². The number of nitrogens with one attached hydrogen (secondary N) is 1. The van der Waals surface area contributed by atoms with Crippen LogP contribution in [0.5, 0.6) is 0 Å². The van der Waals surface area contributed by atoms with E-state index in [1.165, 1.54) is 18.2 Å². The molecule has 0 spiro atoms. The molecule has 0 atom stereocenters. The molecule has 15 heavy (non-hydrogen) atoms. The molecule has 1 N–H and O–H groups in total. The second-order valence-corrected chi connectivity index (χ2v) is 5.77. The normalized spacial score (nSPS) is 18.9. The van der Waals surface area contributed by atoms with E-state index in [0.29, 0.717) is 5.02 Å². The monoisotopic (exact) mass is 245 g/mol. The molecule has 1 heterocycles. The third-order valence-corrected chi connectivity index (χ3v) is 4.15. The minimum absolute atomic E-state index is 0.0192. The van der Waals surface area contributed by atoms with Crippen LogP contribution in [-0.2, 0) is 14.6 Å². The molecule has 80 valence electrons. The van der Waals surface area contributed by atoms with E-state index in [1.807, 2.05) is 0 Å². The van der Waals surface area contributed by atoms with Gasteiger partial charge in [-0.15, -0.1) is 0 Å². The van der Waals surface area contributed by atoms with Gasteiger partial charge in [-0.2, -0.15) is 0 Å². The maximum Gasteiger partial charge on any atom is 0.225 e. The quantitative estimate of drug-likeness (QED) is 0.753. The van der Waals surface area contributed by atoms with Crippen molar-refractivity contribution in [2.75, 3.05) is 11.1 Å². The molecule has 0 aliphatic carbocycles. The summed E-state index contributed by atoms with van der Waals surface area (Å²) in [5.74, 6) is -0.465. The van der Waals surface area contributed by atoms with E-state index in [2.05, 4.69) is 5.32 Å². The highest BCUT2D eigenvalue weighted by Crippen LogP contribution is 2.28. The van der Waals surface area contributed by atoms with Crippen molar-refractivity contribution in [2.45, 2.75) is 11.3 Å². The number of anilines is 1. The molecule has 0 aromatic heterocycles. The van der Waals surface area contributed by atoms with Gasteiger partial charge in [-0.25, -0.2) is 8.42 Å². The molecule has 0 saturated carbocycles. The van der Waals surface area contributed by atoms with Crippen molar-refractivity contribution < 1.29 is 13.2 Å². The zero-order chi connectivity index (χ0) is 11.1. The first-order valence-electron chi connectivity index (χ1n) is 4.31. The highest BCUT2D eigenvalue weighted by Gasteiger charge is 2.24. The van der Waals surface area contributed by atoms with Gasteiger partial charge < -0.3 is 5.32 Å². The van der Waals surface area contributed by atoms with Crippen LogP contribution in [0.25, 0.3) is 0 Å². The lowest BCUT2D eigenvalue weighted by atomic mass is 10.3. The first-order chi connectivity index (χ1) is 6.99. The summed E-state index contributed by atoms with van der Waals surface area (Å²) in [5.41, 5.74) is 0.269. The Labute approximate surface area is 92.2 Å². The molecule has 1 aromatic rings. The molecule has 2 rings (SSSR count). The summed E-state index contributed by atoms with van der Waals surface area (Å²) in [6.45, 7) is 0. The molecule has 4 nitrogen and oxygen atoms in total. The van der Waals surface area contributed by atoms with Gasteiger partial charge in [-0.05, 0) is 18.2 Å². The topological polar surface area (TPSA) is 63.2 Å². The minimum atomic E-state index is -3.37. The highest BCUT2D eigenvalue weighted by molar-refractivity contribution is 7.91. The van der Waals surface area contributed by atoms with Gasteiger partial charge in [-0.1, -0.05) is 11.6 Å². The first kappa shape index (κ1) is 10.4. The fourth-order valence-corrected chi connectivity index (χ4v) is 2.99.